The fourth-order valence-corrected chi connectivity index (χ4v) is 15.2. The molecule has 2 aliphatic carbocycles. The van der Waals surface area contributed by atoms with Gasteiger partial charge < -0.3 is 0 Å². The summed E-state index contributed by atoms with van der Waals surface area (Å²) in [7, 11) is 0. The number of hydrogen-bond acceptors (Lipinski definition) is 0. The molecule has 0 aliphatic heterocycles. The van der Waals surface area contributed by atoms with E-state index in [4.69, 9.17) is 0 Å². The Morgan fingerprint density at radius 1 is 0.512 bits per heavy atom. The van der Waals surface area contributed by atoms with Gasteiger partial charge in [0.2, 0.25) is 0 Å². The van der Waals surface area contributed by atoms with E-state index in [0.29, 0.717) is 0 Å². The van der Waals surface area contributed by atoms with Crippen molar-refractivity contribution in [1.29, 1.82) is 0 Å². The van der Waals surface area contributed by atoms with Crippen molar-refractivity contribution in [2.24, 2.45) is 0 Å². The standard InChI is InChI=1S/2C19H19.2ClH.Zr/c2*1-3-8-17-18(15-10-5-4-6-11-15)13-16-12-7-9-14(2)19(16)17;;;/h2*4-7,9-13H,3,8H2,1-2H3;2*1H;. The Labute approximate surface area is 270 Å². The second-order valence-corrected chi connectivity index (χ2v) is 16.2. The van der Waals surface area contributed by atoms with Crippen LogP contribution in [0, 0.1) is 13.8 Å². The van der Waals surface area contributed by atoms with Crippen LogP contribution in [-0.2, 0) is 29.5 Å². The number of halogens is 2. The molecule has 0 fully saturated rings. The summed E-state index contributed by atoms with van der Waals surface area (Å²) in [5.74, 6) is 0. The van der Waals surface area contributed by atoms with Gasteiger partial charge in [0.05, 0.1) is 0 Å². The summed E-state index contributed by atoms with van der Waals surface area (Å²) in [6.45, 7) is 9.51. The maximum atomic E-state index is 2.56. The SMILES string of the molecule is CCC[C]1([Zr][C]2(CCC)C(c3ccccc3)=Cc3cccc(C)c32)C(c2ccccc2)=Cc2cccc(C)c21.Cl.Cl. The summed E-state index contributed by atoms with van der Waals surface area (Å²) in [6, 6.07) is 36.6. The van der Waals surface area contributed by atoms with Crippen molar-refractivity contribution in [1.82, 2.24) is 0 Å². The predicted molar refractivity (Wildman–Crippen MR) is 179 cm³/mol. The van der Waals surface area contributed by atoms with Crippen LogP contribution >= 0.6 is 24.8 Å². The van der Waals surface area contributed by atoms with Crippen LogP contribution in [-0.4, -0.2) is 0 Å². The summed E-state index contributed by atoms with van der Waals surface area (Å²) in [6.07, 6.45) is 9.93. The minimum atomic E-state index is -1.28. The van der Waals surface area contributed by atoms with E-state index in [9.17, 15) is 0 Å². The van der Waals surface area contributed by atoms with Crippen molar-refractivity contribution in [3.63, 3.8) is 0 Å². The molecule has 0 nitrogen and oxygen atoms in total. The summed E-state index contributed by atoms with van der Waals surface area (Å²) >= 11 is -1.28. The Morgan fingerprint density at radius 2 is 0.902 bits per heavy atom. The molecule has 4 aromatic carbocycles. The van der Waals surface area contributed by atoms with E-state index in [0.717, 1.165) is 0 Å². The van der Waals surface area contributed by atoms with E-state index in [-0.39, 0.29) is 31.1 Å². The first-order chi connectivity index (χ1) is 19.0. The molecule has 4 aromatic rings. The molecule has 0 bridgehead atoms. The molecule has 0 amide bonds. The maximum Gasteiger partial charge on any atom is -0.147 e. The third-order valence-electron chi connectivity index (χ3n) is 8.83. The van der Waals surface area contributed by atoms with Crippen LogP contribution in [0.2, 0.25) is 0 Å². The van der Waals surface area contributed by atoms with Crippen LogP contribution in [0.1, 0.15) is 84.0 Å². The van der Waals surface area contributed by atoms with Gasteiger partial charge in [-0.2, -0.15) is 0 Å². The largest absolute Gasteiger partial charge is 0.147 e. The van der Waals surface area contributed by atoms with Gasteiger partial charge in [-0.1, -0.05) is 0 Å². The van der Waals surface area contributed by atoms with Crippen molar-refractivity contribution < 1.29 is 23.2 Å². The topological polar surface area (TPSA) is 0 Å². The molecule has 0 radical (unpaired) electrons. The van der Waals surface area contributed by atoms with Crippen LogP contribution < -0.4 is 0 Å². The third kappa shape index (κ3) is 5.29. The zero-order valence-electron chi connectivity index (χ0n) is 24.5. The van der Waals surface area contributed by atoms with E-state index in [1.807, 2.05) is 0 Å². The molecule has 0 spiro atoms. The van der Waals surface area contributed by atoms with Crippen molar-refractivity contribution >= 4 is 48.1 Å². The van der Waals surface area contributed by atoms with Crippen LogP contribution in [0.25, 0.3) is 23.3 Å². The molecular formula is C38H40Cl2Zr. The number of hydrogen-bond donors (Lipinski definition) is 0. The van der Waals surface area contributed by atoms with E-state index < -0.39 is 23.2 Å². The minimum absolute atomic E-state index is 0. The fraction of sp³-hybridized carbons (Fsp3) is 0.263. The maximum absolute atomic E-state index is 2.56. The number of rotatable bonds is 8. The van der Waals surface area contributed by atoms with Gasteiger partial charge in [0.25, 0.3) is 0 Å². The van der Waals surface area contributed by atoms with Gasteiger partial charge in [-0.15, -0.1) is 24.8 Å². The van der Waals surface area contributed by atoms with Gasteiger partial charge >= 0.3 is 248 Å². The van der Waals surface area contributed by atoms with Crippen molar-refractivity contribution in [3.8, 4) is 0 Å². The molecule has 0 saturated heterocycles. The average molecular weight is 659 g/mol. The Kier molecular flexibility index (Phi) is 10.1. The number of benzene rings is 4. The predicted octanol–water partition coefficient (Wildman–Crippen LogP) is 11.0. The van der Waals surface area contributed by atoms with Gasteiger partial charge in [-0.25, -0.2) is 0 Å². The smallest absolute Gasteiger partial charge is 0.147 e. The Morgan fingerprint density at radius 3 is 1.27 bits per heavy atom. The van der Waals surface area contributed by atoms with Crippen LogP contribution in [0.4, 0.5) is 0 Å². The molecule has 0 aromatic heterocycles. The van der Waals surface area contributed by atoms with Gasteiger partial charge in [0.1, 0.15) is 0 Å². The molecule has 41 heavy (non-hydrogen) atoms. The third-order valence-corrected chi connectivity index (χ3v) is 14.7. The first-order valence-electron chi connectivity index (χ1n) is 14.6. The molecule has 2 unspecified atom stereocenters. The molecule has 210 valence electrons. The minimum Gasteiger partial charge on any atom is -0.147 e. The molecule has 0 heterocycles. The number of aryl methyl sites for hydroxylation is 2. The molecule has 0 N–H and O–H groups in total. The van der Waals surface area contributed by atoms with Gasteiger partial charge in [-0.05, 0) is 0 Å². The zero-order valence-corrected chi connectivity index (χ0v) is 28.6. The van der Waals surface area contributed by atoms with E-state index in [1.54, 1.807) is 22.3 Å². The number of allylic oxidation sites excluding steroid dienone is 2. The van der Waals surface area contributed by atoms with Crippen molar-refractivity contribution in [2.45, 2.75) is 59.6 Å². The van der Waals surface area contributed by atoms with Crippen LogP contribution in [0.5, 0.6) is 0 Å². The van der Waals surface area contributed by atoms with Crippen molar-refractivity contribution in [2.75, 3.05) is 0 Å². The Balaban J connectivity index is 0.00000194. The van der Waals surface area contributed by atoms with Gasteiger partial charge in [0.15, 0.2) is 0 Å². The first kappa shape index (κ1) is 31.8. The van der Waals surface area contributed by atoms with E-state index >= 15 is 0 Å². The second kappa shape index (κ2) is 13.0. The summed E-state index contributed by atoms with van der Waals surface area (Å²) in [5.41, 5.74) is 15.0. The molecule has 6 rings (SSSR count). The average Bonchev–Trinajstić information content (AvgIpc) is 3.44. The summed E-state index contributed by atoms with van der Waals surface area (Å²) < 4.78 is 0.208. The first-order valence-corrected chi connectivity index (χ1v) is 17.0. The van der Waals surface area contributed by atoms with Crippen LogP contribution in [0.15, 0.2) is 97.1 Å². The monoisotopic (exact) mass is 656 g/mol. The zero-order chi connectivity index (χ0) is 27.0. The Bertz CT molecular complexity index is 1450. The van der Waals surface area contributed by atoms with E-state index in [1.165, 1.54) is 59.1 Å². The normalized spacial score (nSPS) is 20.2. The van der Waals surface area contributed by atoms with Gasteiger partial charge in [-0.3, -0.25) is 0 Å². The number of fused-ring (bicyclic) bond motifs is 2. The molecule has 3 heteroatoms. The molecule has 2 aliphatic rings. The fourth-order valence-electron chi connectivity index (χ4n) is 7.53. The van der Waals surface area contributed by atoms with Gasteiger partial charge in [0, 0.05) is 0 Å². The van der Waals surface area contributed by atoms with Crippen molar-refractivity contribution in [3.05, 3.63) is 142 Å². The quantitative estimate of drug-likeness (QED) is 0.177. The summed E-state index contributed by atoms with van der Waals surface area (Å²) in [5, 5.41) is 0. The van der Waals surface area contributed by atoms with Crippen LogP contribution in [0.3, 0.4) is 0 Å². The second-order valence-electron chi connectivity index (χ2n) is 11.4. The molecular weight excluding hydrogens is 619 g/mol. The summed E-state index contributed by atoms with van der Waals surface area (Å²) in [4.78, 5) is 0. The molecule has 0 saturated carbocycles. The Hall–Kier alpha value is -2.18. The van der Waals surface area contributed by atoms with E-state index in [2.05, 4.69) is 137 Å². The molecule has 2 atom stereocenters.